The Kier molecular flexibility index (Phi) is 8.00. The van der Waals surface area contributed by atoms with Crippen LogP contribution in [0.15, 0.2) is 52.2 Å². The Labute approximate surface area is 172 Å². The Bertz CT molecular complexity index is 852. The minimum Gasteiger partial charge on any atom is -0.508 e. The molecular weight excluding hydrogens is 370 g/mol. The van der Waals surface area contributed by atoms with Crippen LogP contribution in [0.25, 0.3) is 0 Å². The van der Waals surface area contributed by atoms with E-state index in [1.807, 2.05) is 18.7 Å². The minimum atomic E-state index is -0.222. The third-order valence-corrected chi connectivity index (χ3v) is 4.41. The van der Waals surface area contributed by atoms with Crippen molar-refractivity contribution in [2.45, 2.75) is 40.0 Å². The summed E-state index contributed by atoms with van der Waals surface area (Å²) in [5, 5.41) is 10.3. The van der Waals surface area contributed by atoms with Crippen LogP contribution >= 0.6 is 0 Å². The zero-order valence-corrected chi connectivity index (χ0v) is 17.6. The molecule has 0 aromatic heterocycles. The number of ether oxygens (including phenoxy) is 2. The number of rotatable bonds is 9. The number of aromatic hydroxyl groups is 1. The van der Waals surface area contributed by atoms with Gasteiger partial charge >= 0.3 is 5.97 Å². The molecule has 7 nitrogen and oxygen atoms in total. The molecule has 0 spiro atoms. The lowest BCUT2D eigenvalue weighted by Crippen LogP contribution is -2.34. The van der Waals surface area contributed by atoms with E-state index in [-0.39, 0.29) is 11.7 Å². The normalized spacial score (nSPS) is 14.8. The van der Waals surface area contributed by atoms with Crippen LogP contribution in [0, 0.1) is 0 Å². The van der Waals surface area contributed by atoms with Gasteiger partial charge in [0.2, 0.25) is 0 Å². The zero-order valence-electron chi connectivity index (χ0n) is 17.6. The Balaban J connectivity index is 2.31. The maximum atomic E-state index is 11.7. The number of aliphatic imine (C=N–C) groups is 2. The number of carbonyl (C=O) groups is 1. The van der Waals surface area contributed by atoms with Gasteiger partial charge in [0.25, 0.3) is 0 Å². The van der Waals surface area contributed by atoms with Gasteiger partial charge in [0.15, 0.2) is 5.84 Å². The Morgan fingerprint density at radius 3 is 2.76 bits per heavy atom. The molecule has 7 heteroatoms. The largest absolute Gasteiger partial charge is 0.508 e. The van der Waals surface area contributed by atoms with Crippen molar-refractivity contribution in [1.82, 2.24) is 4.90 Å². The zero-order chi connectivity index (χ0) is 21.4. The molecule has 0 radical (unpaired) electrons. The summed E-state index contributed by atoms with van der Waals surface area (Å²) in [5.74, 6) is 2.05. The molecule has 1 aliphatic rings. The van der Waals surface area contributed by atoms with E-state index in [2.05, 4.69) is 11.6 Å². The van der Waals surface area contributed by atoms with Gasteiger partial charge in [-0.1, -0.05) is 6.58 Å². The summed E-state index contributed by atoms with van der Waals surface area (Å²) in [6.45, 7) is 10.4. The predicted octanol–water partition coefficient (Wildman–Crippen LogP) is 3.84. The number of hydrogen-bond donors (Lipinski definition) is 1. The van der Waals surface area contributed by atoms with Gasteiger partial charge in [-0.25, -0.2) is 9.98 Å². The van der Waals surface area contributed by atoms with Crippen LogP contribution in [-0.4, -0.2) is 47.9 Å². The highest BCUT2D eigenvalue weighted by atomic mass is 16.5. The summed E-state index contributed by atoms with van der Waals surface area (Å²) < 4.78 is 10.3. The van der Waals surface area contributed by atoms with Crippen LogP contribution in [0.2, 0.25) is 0 Å². The predicted molar refractivity (Wildman–Crippen MR) is 114 cm³/mol. The fraction of sp³-hybridized carbons (Fsp3) is 0.409. The van der Waals surface area contributed by atoms with Gasteiger partial charge in [0, 0.05) is 31.1 Å². The molecule has 1 aliphatic heterocycles. The van der Waals surface area contributed by atoms with E-state index in [9.17, 15) is 9.90 Å². The number of carbonyl (C=O) groups excluding carboxylic acids is 1. The molecule has 0 saturated carbocycles. The van der Waals surface area contributed by atoms with Gasteiger partial charge in [0.1, 0.15) is 23.0 Å². The van der Waals surface area contributed by atoms with E-state index in [1.54, 1.807) is 32.2 Å². The second-order valence-electron chi connectivity index (χ2n) is 6.74. The second-order valence-corrected chi connectivity index (χ2v) is 6.74. The summed E-state index contributed by atoms with van der Waals surface area (Å²) in [5.41, 5.74) is 2.50. The third kappa shape index (κ3) is 5.70. The maximum Gasteiger partial charge on any atom is 0.305 e. The SMILES string of the molecule is C=C/N=C1\C(=C(C)C)N=C(Cc2cc(OC)ccc2O)N1CCCC(=O)OCC. The summed E-state index contributed by atoms with van der Waals surface area (Å²) >= 11 is 0. The van der Waals surface area contributed by atoms with Crippen molar-refractivity contribution in [3.63, 3.8) is 0 Å². The van der Waals surface area contributed by atoms with Gasteiger partial charge in [-0.2, -0.15) is 0 Å². The van der Waals surface area contributed by atoms with E-state index in [4.69, 9.17) is 14.5 Å². The maximum absolute atomic E-state index is 11.7. The number of phenolic OH excluding ortho intramolecular Hbond substituents is 1. The van der Waals surface area contributed by atoms with Crippen molar-refractivity contribution in [3.8, 4) is 11.5 Å². The van der Waals surface area contributed by atoms with Crippen LogP contribution in [0.5, 0.6) is 11.5 Å². The van der Waals surface area contributed by atoms with Crippen LogP contribution in [0.1, 0.15) is 39.2 Å². The summed E-state index contributed by atoms with van der Waals surface area (Å²) in [6, 6.07) is 5.10. The van der Waals surface area contributed by atoms with Crippen LogP contribution < -0.4 is 4.74 Å². The van der Waals surface area contributed by atoms with E-state index < -0.39 is 0 Å². The number of phenols is 1. The van der Waals surface area contributed by atoms with E-state index in [1.165, 1.54) is 6.20 Å². The Morgan fingerprint density at radius 2 is 2.14 bits per heavy atom. The quantitative estimate of drug-likeness (QED) is 0.638. The number of amidine groups is 2. The van der Waals surface area contributed by atoms with Gasteiger partial charge in [-0.05, 0) is 51.0 Å². The monoisotopic (exact) mass is 399 g/mol. The van der Waals surface area contributed by atoms with Gasteiger partial charge < -0.3 is 19.5 Å². The van der Waals surface area contributed by atoms with Crippen molar-refractivity contribution in [3.05, 3.63) is 47.8 Å². The first-order valence-corrected chi connectivity index (χ1v) is 9.64. The first kappa shape index (κ1) is 22.2. The molecule has 1 aromatic carbocycles. The highest BCUT2D eigenvalue weighted by Crippen LogP contribution is 2.28. The molecule has 1 N–H and O–H groups in total. The van der Waals surface area contributed by atoms with Crippen LogP contribution in [0.3, 0.4) is 0 Å². The first-order chi connectivity index (χ1) is 13.9. The average Bonchev–Trinajstić information content (AvgIpc) is 3.02. The van der Waals surface area contributed by atoms with Gasteiger partial charge in [-0.15, -0.1) is 0 Å². The molecule has 156 valence electrons. The van der Waals surface area contributed by atoms with Gasteiger partial charge in [-0.3, -0.25) is 4.79 Å². The fourth-order valence-corrected chi connectivity index (χ4v) is 3.03. The van der Waals surface area contributed by atoms with Crippen molar-refractivity contribution < 1.29 is 19.4 Å². The molecule has 0 saturated heterocycles. The number of esters is 1. The Morgan fingerprint density at radius 1 is 1.38 bits per heavy atom. The molecular formula is C22H29N3O4. The standard InChI is InChI=1S/C22H29N3O4/c1-6-23-22-21(15(3)4)24-19(25(22)12-8-9-20(27)29-7-2)14-16-13-17(28-5)10-11-18(16)26/h6,10-11,13,26H,1,7-9,12,14H2,2-5H3/b23-22+. The lowest BCUT2D eigenvalue weighted by Gasteiger charge is -2.21. The van der Waals surface area contributed by atoms with E-state index >= 15 is 0 Å². The lowest BCUT2D eigenvalue weighted by molar-refractivity contribution is -0.143. The molecule has 0 unspecified atom stereocenters. The summed E-state index contributed by atoms with van der Waals surface area (Å²) in [4.78, 5) is 22.9. The molecule has 0 bridgehead atoms. The molecule has 0 fully saturated rings. The van der Waals surface area contributed by atoms with E-state index in [0.717, 1.165) is 17.1 Å². The molecule has 0 aliphatic carbocycles. The second kappa shape index (κ2) is 10.5. The van der Waals surface area contributed by atoms with Crippen LogP contribution in [0.4, 0.5) is 0 Å². The average molecular weight is 399 g/mol. The smallest absolute Gasteiger partial charge is 0.305 e. The number of benzene rings is 1. The third-order valence-electron chi connectivity index (χ3n) is 4.41. The van der Waals surface area contributed by atoms with E-state index in [0.29, 0.717) is 49.6 Å². The molecule has 0 amide bonds. The number of allylic oxidation sites excluding steroid dienone is 1. The Hall–Kier alpha value is -3.09. The molecule has 1 aromatic rings. The highest BCUT2D eigenvalue weighted by molar-refractivity contribution is 6.16. The summed E-state index contributed by atoms with van der Waals surface area (Å²) in [7, 11) is 1.58. The fourth-order valence-electron chi connectivity index (χ4n) is 3.03. The van der Waals surface area contributed by atoms with Crippen molar-refractivity contribution in [1.29, 1.82) is 0 Å². The van der Waals surface area contributed by atoms with Crippen LogP contribution in [-0.2, 0) is 16.0 Å². The first-order valence-electron chi connectivity index (χ1n) is 9.64. The van der Waals surface area contributed by atoms with Crippen molar-refractivity contribution in [2.24, 2.45) is 9.98 Å². The molecule has 2 rings (SSSR count). The minimum absolute atomic E-state index is 0.174. The lowest BCUT2D eigenvalue weighted by atomic mass is 10.1. The van der Waals surface area contributed by atoms with Crippen molar-refractivity contribution >= 4 is 17.6 Å². The topological polar surface area (TPSA) is 83.7 Å². The molecule has 0 atom stereocenters. The summed E-state index contributed by atoms with van der Waals surface area (Å²) in [6.07, 6.45) is 2.79. The van der Waals surface area contributed by atoms with Gasteiger partial charge in [0.05, 0.1) is 13.7 Å². The van der Waals surface area contributed by atoms with Crippen molar-refractivity contribution in [2.75, 3.05) is 20.3 Å². The molecule has 1 heterocycles. The molecule has 29 heavy (non-hydrogen) atoms. The highest BCUT2D eigenvalue weighted by Gasteiger charge is 2.29. The number of hydrogen-bond acceptors (Lipinski definition) is 6. The number of nitrogens with zero attached hydrogens (tertiary/aromatic N) is 3. The number of methoxy groups -OCH3 is 1.